The largest absolute Gasteiger partial charge is 0.484 e. The van der Waals surface area contributed by atoms with Crippen LogP contribution in [0.2, 0.25) is 0 Å². The van der Waals surface area contributed by atoms with E-state index in [2.05, 4.69) is 5.10 Å². The first-order valence-corrected chi connectivity index (χ1v) is 8.34. The Labute approximate surface area is 146 Å². The van der Waals surface area contributed by atoms with Crippen molar-refractivity contribution >= 4 is 11.8 Å². The van der Waals surface area contributed by atoms with E-state index in [1.807, 2.05) is 28.9 Å². The monoisotopic (exact) mass is 342 g/mol. The third kappa shape index (κ3) is 4.17. The maximum Gasteiger partial charge on any atom is 0.255 e. The van der Waals surface area contributed by atoms with Crippen molar-refractivity contribution in [1.82, 2.24) is 14.7 Å². The Hall–Kier alpha value is -2.83. The summed E-state index contributed by atoms with van der Waals surface area (Å²) in [6.45, 7) is 3.22. The minimum Gasteiger partial charge on any atom is -0.484 e. The number of nitrogens with two attached hydrogens (primary N) is 1. The van der Waals surface area contributed by atoms with Crippen LogP contribution in [0.1, 0.15) is 28.8 Å². The van der Waals surface area contributed by atoms with Crippen molar-refractivity contribution < 1.29 is 14.3 Å². The predicted octanol–water partition coefficient (Wildman–Crippen LogP) is 1.36. The van der Waals surface area contributed by atoms with Gasteiger partial charge in [0.25, 0.3) is 11.8 Å². The number of nitrogens with zero attached hydrogens (tertiary/aromatic N) is 3. The Kier molecular flexibility index (Phi) is 5.02. The van der Waals surface area contributed by atoms with Gasteiger partial charge in [0.2, 0.25) is 0 Å². The summed E-state index contributed by atoms with van der Waals surface area (Å²) in [7, 11) is 0. The maximum absolute atomic E-state index is 12.9. The minimum atomic E-state index is -0.550. The Bertz CT molecular complexity index is 771. The second-order valence-corrected chi connectivity index (χ2v) is 6.32. The number of carbonyl (C=O) groups excluding carboxylic acids is 2. The van der Waals surface area contributed by atoms with Gasteiger partial charge >= 0.3 is 0 Å². The molecule has 1 aromatic carbocycles. The third-order valence-corrected chi connectivity index (χ3v) is 4.26. The van der Waals surface area contributed by atoms with Crippen molar-refractivity contribution in [3.05, 3.63) is 47.8 Å². The normalized spacial score (nSPS) is 16.8. The van der Waals surface area contributed by atoms with Crippen molar-refractivity contribution in [2.45, 2.75) is 32.4 Å². The molecule has 7 heteroatoms. The summed E-state index contributed by atoms with van der Waals surface area (Å²) < 4.78 is 7.17. The van der Waals surface area contributed by atoms with Crippen LogP contribution >= 0.6 is 0 Å². The van der Waals surface area contributed by atoms with E-state index in [4.69, 9.17) is 10.5 Å². The molecule has 7 nitrogen and oxygen atoms in total. The molecule has 2 aromatic rings. The summed E-state index contributed by atoms with van der Waals surface area (Å²) in [5.41, 5.74) is 6.74. The molecule has 2 heterocycles. The van der Waals surface area contributed by atoms with Gasteiger partial charge in [0.15, 0.2) is 6.61 Å². The second-order valence-electron chi connectivity index (χ2n) is 6.32. The van der Waals surface area contributed by atoms with Gasteiger partial charge in [0.1, 0.15) is 5.75 Å². The Morgan fingerprint density at radius 3 is 2.96 bits per heavy atom. The standard InChI is InChI=1S/C18H22N4O3/c1-13-9-20-21(10-13)11-15-5-3-7-22(15)18(24)14-4-2-6-16(8-14)25-12-17(19)23/h2,4,6,8-10,15H,3,5,7,11-12H2,1H3,(H2,19,23)/t15-/m1/s1. The molecule has 2 N–H and O–H groups in total. The summed E-state index contributed by atoms with van der Waals surface area (Å²) in [6.07, 6.45) is 5.75. The molecule has 1 aliphatic rings. The van der Waals surface area contributed by atoms with Gasteiger partial charge in [-0.25, -0.2) is 0 Å². The number of primary amides is 1. The van der Waals surface area contributed by atoms with Crippen molar-refractivity contribution in [3.8, 4) is 5.75 Å². The zero-order valence-corrected chi connectivity index (χ0v) is 14.2. The molecule has 0 unspecified atom stereocenters. The number of hydrogen-bond acceptors (Lipinski definition) is 4. The lowest BCUT2D eigenvalue weighted by molar-refractivity contribution is -0.119. The Morgan fingerprint density at radius 1 is 1.40 bits per heavy atom. The van der Waals surface area contributed by atoms with Crippen LogP contribution in [0.5, 0.6) is 5.75 Å². The molecule has 3 rings (SSSR count). The van der Waals surface area contributed by atoms with Crippen molar-refractivity contribution in [3.63, 3.8) is 0 Å². The molecule has 0 radical (unpaired) electrons. The lowest BCUT2D eigenvalue weighted by Crippen LogP contribution is -2.38. The number of ether oxygens (including phenoxy) is 1. The number of amides is 2. The van der Waals surface area contributed by atoms with E-state index < -0.39 is 5.91 Å². The topological polar surface area (TPSA) is 90.4 Å². The quantitative estimate of drug-likeness (QED) is 0.858. The van der Waals surface area contributed by atoms with Crippen molar-refractivity contribution in [2.75, 3.05) is 13.2 Å². The van der Waals surface area contributed by atoms with Gasteiger partial charge in [-0.15, -0.1) is 0 Å². The fourth-order valence-corrected chi connectivity index (χ4v) is 3.11. The first-order chi connectivity index (χ1) is 12.0. The average Bonchev–Trinajstić information content (AvgIpc) is 3.22. The number of carbonyl (C=O) groups is 2. The molecule has 0 bridgehead atoms. The van der Waals surface area contributed by atoms with Crippen LogP contribution in [0.3, 0.4) is 0 Å². The van der Waals surface area contributed by atoms with E-state index in [1.165, 1.54) is 0 Å². The Balaban J connectivity index is 1.70. The second kappa shape index (κ2) is 7.38. The van der Waals surface area contributed by atoms with Crippen LogP contribution in [0.25, 0.3) is 0 Å². The number of likely N-dealkylation sites (tertiary alicyclic amines) is 1. The van der Waals surface area contributed by atoms with Gasteiger partial charge in [0, 0.05) is 18.3 Å². The van der Waals surface area contributed by atoms with Gasteiger partial charge in [-0.3, -0.25) is 14.3 Å². The summed E-state index contributed by atoms with van der Waals surface area (Å²) in [5.74, 6) is -0.121. The minimum absolute atomic E-state index is 0.0316. The van der Waals surface area contributed by atoms with E-state index in [0.717, 1.165) is 24.9 Å². The lowest BCUT2D eigenvalue weighted by Gasteiger charge is -2.25. The van der Waals surface area contributed by atoms with E-state index in [1.54, 1.807) is 24.3 Å². The highest BCUT2D eigenvalue weighted by Crippen LogP contribution is 2.23. The highest BCUT2D eigenvalue weighted by molar-refractivity contribution is 5.95. The first-order valence-electron chi connectivity index (χ1n) is 8.34. The third-order valence-electron chi connectivity index (χ3n) is 4.26. The number of rotatable bonds is 6. The highest BCUT2D eigenvalue weighted by atomic mass is 16.5. The van der Waals surface area contributed by atoms with E-state index in [0.29, 0.717) is 17.9 Å². The van der Waals surface area contributed by atoms with Crippen LogP contribution in [-0.2, 0) is 11.3 Å². The van der Waals surface area contributed by atoms with E-state index in [-0.39, 0.29) is 18.6 Å². The molecule has 0 spiro atoms. The summed E-state index contributed by atoms with van der Waals surface area (Å²) in [6, 6.07) is 6.98. The van der Waals surface area contributed by atoms with Gasteiger partial charge in [0.05, 0.1) is 18.8 Å². The predicted molar refractivity (Wildman–Crippen MR) is 92.2 cm³/mol. The molecule has 25 heavy (non-hydrogen) atoms. The highest BCUT2D eigenvalue weighted by Gasteiger charge is 2.30. The van der Waals surface area contributed by atoms with Gasteiger partial charge in [-0.2, -0.15) is 5.10 Å². The summed E-state index contributed by atoms with van der Waals surface area (Å²) in [4.78, 5) is 25.6. The SMILES string of the molecule is Cc1cnn(C[C@H]2CCCN2C(=O)c2cccc(OCC(N)=O)c2)c1. The smallest absolute Gasteiger partial charge is 0.255 e. The molecule has 2 amide bonds. The maximum atomic E-state index is 12.9. The van der Waals surface area contributed by atoms with Crippen LogP contribution in [0, 0.1) is 6.92 Å². The molecule has 1 aromatic heterocycles. The molecule has 1 saturated heterocycles. The van der Waals surface area contributed by atoms with Gasteiger partial charge < -0.3 is 15.4 Å². The van der Waals surface area contributed by atoms with Gasteiger partial charge in [-0.1, -0.05) is 6.07 Å². The fraction of sp³-hybridized carbons (Fsp3) is 0.389. The average molecular weight is 342 g/mol. The number of aromatic nitrogens is 2. The van der Waals surface area contributed by atoms with Crippen LogP contribution in [0.15, 0.2) is 36.7 Å². The summed E-state index contributed by atoms with van der Waals surface area (Å²) in [5, 5.41) is 4.32. The summed E-state index contributed by atoms with van der Waals surface area (Å²) >= 11 is 0. The number of aryl methyl sites for hydroxylation is 1. The van der Waals surface area contributed by atoms with Crippen LogP contribution in [0.4, 0.5) is 0 Å². The van der Waals surface area contributed by atoms with Crippen LogP contribution in [-0.4, -0.2) is 45.7 Å². The van der Waals surface area contributed by atoms with Crippen molar-refractivity contribution in [2.24, 2.45) is 5.73 Å². The fourth-order valence-electron chi connectivity index (χ4n) is 3.11. The molecule has 132 valence electrons. The Morgan fingerprint density at radius 2 is 2.24 bits per heavy atom. The molecule has 0 saturated carbocycles. The van der Waals surface area contributed by atoms with Crippen LogP contribution < -0.4 is 10.5 Å². The first kappa shape index (κ1) is 17.0. The zero-order chi connectivity index (χ0) is 17.8. The molecule has 1 fully saturated rings. The van der Waals surface area contributed by atoms with E-state index >= 15 is 0 Å². The van der Waals surface area contributed by atoms with E-state index in [9.17, 15) is 9.59 Å². The van der Waals surface area contributed by atoms with Crippen molar-refractivity contribution in [1.29, 1.82) is 0 Å². The molecular formula is C18H22N4O3. The lowest BCUT2D eigenvalue weighted by atomic mass is 10.1. The van der Waals surface area contributed by atoms with Gasteiger partial charge in [-0.05, 0) is 43.5 Å². The number of benzene rings is 1. The zero-order valence-electron chi connectivity index (χ0n) is 14.2. The molecule has 1 atom stereocenters. The number of hydrogen-bond donors (Lipinski definition) is 1. The molecular weight excluding hydrogens is 320 g/mol. The molecule has 1 aliphatic heterocycles. The molecule has 0 aliphatic carbocycles.